The third kappa shape index (κ3) is 6.30. The Bertz CT molecular complexity index is 1190. The molecule has 0 fully saturated rings. The van der Waals surface area contributed by atoms with Gasteiger partial charge in [0.15, 0.2) is 0 Å². The Hall–Kier alpha value is -3.83. The van der Waals surface area contributed by atoms with Crippen LogP contribution < -0.4 is 0 Å². The van der Waals surface area contributed by atoms with Crippen molar-refractivity contribution in [3.05, 3.63) is 53.1 Å². The maximum absolute atomic E-state index is 9.75. The van der Waals surface area contributed by atoms with Crippen LogP contribution in [0.25, 0.3) is 0 Å². The summed E-state index contributed by atoms with van der Waals surface area (Å²) in [7, 11) is 0. The van der Waals surface area contributed by atoms with E-state index in [9.17, 15) is 46.0 Å². The Morgan fingerprint density at radius 2 is 0.622 bits per heavy atom. The monoisotopic (exact) mass is 624 g/mol. The van der Waals surface area contributed by atoms with Crippen molar-refractivity contribution in [2.45, 2.75) is 0 Å². The quantitative estimate of drug-likeness (QED) is 0.110. The zero-order valence-electron chi connectivity index (χ0n) is 18.0. The molecule has 0 spiro atoms. The van der Waals surface area contributed by atoms with Crippen LogP contribution in [0.1, 0.15) is 16.7 Å². The average molecular weight is 625 g/mol. The standard InChI is InChI=1S/3C7H6O4S.Ga/c3*8-4-1-3(7(11)12)2-5(9)6(4)10;/h3*1-2,8-10H,(H,11,12);/q;;;+3/p-3. The van der Waals surface area contributed by atoms with Gasteiger partial charge in [-0.2, -0.15) is 0 Å². The van der Waals surface area contributed by atoms with E-state index in [-0.39, 0.29) is 31.8 Å². The molecule has 0 aliphatic carbocycles. The minimum absolute atomic E-state index is 0.0673. The second-order valence-electron chi connectivity index (χ2n) is 7.09. The van der Waals surface area contributed by atoms with Gasteiger partial charge in [0.2, 0.25) is 0 Å². The average Bonchev–Trinajstić information content (AvgIpc) is 2.83. The van der Waals surface area contributed by atoms with Gasteiger partial charge in [-0.05, 0) is 0 Å². The van der Waals surface area contributed by atoms with Crippen LogP contribution in [0.4, 0.5) is 0 Å². The van der Waals surface area contributed by atoms with E-state index in [1.165, 1.54) is 0 Å². The summed E-state index contributed by atoms with van der Waals surface area (Å²) in [4.78, 5) is 0. The fraction of sp³-hybridized carbons (Fsp3) is 0. The molecule has 0 radical (unpaired) electrons. The Morgan fingerprint density at radius 3 is 0.811 bits per heavy atom. The molecular formula is C21H15GaO12S3. The third-order valence-corrected chi connectivity index (χ3v) is 9.29. The summed E-state index contributed by atoms with van der Waals surface area (Å²) < 4.78 is 16.8. The molecule has 16 heteroatoms. The SMILES string of the molecule is Oc1cc(C(=S)[O][Ga]([O]C(=S)c2cc(O)c(O)c(O)c2)[O]C(=S)c2cc(O)c(O)c(O)c2)cc(O)c1O. The van der Waals surface area contributed by atoms with Crippen molar-refractivity contribution in [1.29, 1.82) is 0 Å². The van der Waals surface area contributed by atoms with Crippen LogP contribution in [0, 0.1) is 0 Å². The Kier molecular flexibility index (Phi) is 8.29. The molecule has 0 saturated carbocycles. The topological polar surface area (TPSA) is 210 Å². The fourth-order valence-corrected chi connectivity index (χ4v) is 6.54. The fourth-order valence-electron chi connectivity index (χ4n) is 2.70. The van der Waals surface area contributed by atoms with Gasteiger partial charge in [0, 0.05) is 0 Å². The summed E-state index contributed by atoms with van der Waals surface area (Å²) in [6.07, 6.45) is 0. The van der Waals surface area contributed by atoms with Crippen LogP contribution in [0.3, 0.4) is 0 Å². The number of aromatic hydroxyl groups is 9. The van der Waals surface area contributed by atoms with E-state index in [1.807, 2.05) is 0 Å². The molecule has 12 nitrogen and oxygen atoms in total. The number of hydrogen-bond acceptors (Lipinski definition) is 15. The van der Waals surface area contributed by atoms with Crippen molar-refractivity contribution >= 4 is 69.1 Å². The third-order valence-electron chi connectivity index (χ3n) is 4.53. The number of rotatable bonds is 6. The second kappa shape index (κ2) is 11.1. The van der Waals surface area contributed by atoms with E-state index in [4.69, 9.17) is 47.2 Å². The Balaban J connectivity index is 1.91. The first kappa shape index (κ1) is 27.7. The molecule has 0 bridgehead atoms. The van der Waals surface area contributed by atoms with Crippen molar-refractivity contribution in [3.8, 4) is 51.7 Å². The molecule has 0 saturated heterocycles. The van der Waals surface area contributed by atoms with E-state index in [0.717, 1.165) is 36.4 Å². The van der Waals surface area contributed by atoms with Crippen LogP contribution in [0.2, 0.25) is 0 Å². The molecule has 0 aromatic heterocycles. The predicted octanol–water partition coefficient (Wildman–Crippen LogP) is 2.50. The van der Waals surface area contributed by atoms with Crippen molar-refractivity contribution in [2.75, 3.05) is 0 Å². The predicted molar refractivity (Wildman–Crippen MR) is 138 cm³/mol. The van der Waals surface area contributed by atoms with Crippen LogP contribution >= 0.6 is 36.7 Å². The Morgan fingerprint density at radius 1 is 0.432 bits per heavy atom. The van der Waals surface area contributed by atoms with Crippen LogP contribution in [-0.4, -0.2) is 78.4 Å². The van der Waals surface area contributed by atoms with Gasteiger partial charge in [-0.3, -0.25) is 0 Å². The van der Waals surface area contributed by atoms with Crippen LogP contribution in [-0.2, 0) is 10.6 Å². The Labute approximate surface area is 229 Å². The summed E-state index contributed by atoms with van der Waals surface area (Å²) in [6.45, 7) is 0. The first-order valence-corrected chi connectivity index (χ1v) is 13.9. The molecule has 0 aliphatic heterocycles. The van der Waals surface area contributed by atoms with Gasteiger partial charge in [-0.1, -0.05) is 0 Å². The zero-order valence-corrected chi connectivity index (χ0v) is 22.9. The number of benzene rings is 3. The van der Waals surface area contributed by atoms with Gasteiger partial charge in [0.25, 0.3) is 0 Å². The van der Waals surface area contributed by atoms with Gasteiger partial charge in [-0.15, -0.1) is 0 Å². The summed E-state index contributed by atoms with van der Waals surface area (Å²) >= 11 is 11.2. The first-order chi connectivity index (χ1) is 17.3. The molecule has 0 atom stereocenters. The van der Waals surface area contributed by atoms with E-state index in [2.05, 4.69) is 0 Å². The summed E-state index contributed by atoms with van der Waals surface area (Å²) in [5.74, 6) is -6.61. The van der Waals surface area contributed by atoms with Gasteiger partial charge in [0.05, 0.1) is 0 Å². The molecule has 3 aromatic carbocycles. The normalized spacial score (nSPS) is 10.4. The molecule has 0 unspecified atom stereocenters. The first-order valence-electron chi connectivity index (χ1n) is 9.66. The molecule has 192 valence electrons. The molecule has 9 N–H and O–H groups in total. The molecule has 37 heavy (non-hydrogen) atoms. The molecule has 0 heterocycles. The number of phenols is 9. The van der Waals surface area contributed by atoms with Crippen molar-refractivity contribution in [2.24, 2.45) is 0 Å². The molecule has 3 rings (SSSR count). The molecule has 0 aliphatic rings. The van der Waals surface area contributed by atoms with Crippen molar-refractivity contribution in [3.63, 3.8) is 0 Å². The van der Waals surface area contributed by atoms with E-state index >= 15 is 0 Å². The van der Waals surface area contributed by atoms with Gasteiger partial charge in [-0.25, -0.2) is 0 Å². The summed E-state index contributed by atoms with van der Waals surface area (Å²) in [5.41, 5.74) is -0.202. The maximum atomic E-state index is 9.75. The molecule has 3 aromatic rings. The number of hydrogen-bond donors (Lipinski definition) is 9. The molecular weight excluding hydrogens is 610 g/mol. The van der Waals surface area contributed by atoms with E-state index in [0.29, 0.717) is 0 Å². The zero-order chi connectivity index (χ0) is 27.6. The number of phenolic OH excluding ortho intramolecular Hbond substituents is 9. The van der Waals surface area contributed by atoms with Gasteiger partial charge in [0.1, 0.15) is 0 Å². The van der Waals surface area contributed by atoms with E-state index in [1.54, 1.807) is 0 Å². The summed E-state index contributed by atoms with van der Waals surface area (Å²) in [6, 6.07) is 5.91. The van der Waals surface area contributed by atoms with Gasteiger partial charge < -0.3 is 0 Å². The van der Waals surface area contributed by atoms with E-state index < -0.39 is 69.1 Å². The number of thiocarbonyl (C=S) groups is 3. The minimum atomic E-state index is -4.25. The molecule has 0 amide bonds. The van der Waals surface area contributed by atoms with Crippen LogP contribution in [0.5, 0.6) is 51.7 Å². The van der Waals surface area contributed by atoms with Crippen LogP contribution in [0.15, 0.2) is 36.4 Å². The van der Waals surface area contributed by atoms with Gasteiger partial charge >= 0.3 is 230 Å². The van der Waals surface area contributed by atoms with Crippen molar-refractivity contribution in [1.82, 2.24) is 0 Å². The second-order valence-corrected chi connectivity index (χ2v) is 10.9. The van der Waals surface area contributed by atoms with Crippen molar-refractivity contribution < 1.29 is 56.5 Å². The summed E-state index contributed by atoms with van der Waals surface area (Å²) in [5, 5.41) is 86.0.